The van der Waals surface area contributed by atoms with Gasteiger partial charge in [-0.15, -0.1) is 0 Å². The van der Waals surface area contributed by atoms with E-state index in [9.17, 15) is 0 Å². The fourth-order valence-corrected chi connectivity index (χ4v) is 10.4. The summed E-state index contributed by atoms with van der Waals surface area (Å²) in [7, 11) is -2.23. The van der Waals surface area contributed by atoms with Crippen molar-refractivity contribution in [1.29, 1.82) is 0 Å². The molecule has 2 rings (SSSR count). The van der Waals surface area contributed by atoms with Crippen molar-refractivity contribution >= 4 is 19.3 Å². The van der Waals surface area contributed by atoms with Gasteiger partial charge in [-0.2, -0.15) is 0 Å². The Morgan fingerprint density at radius 1 is 0.600 bits per heavy atom. The lowest BCUT2D eigenvalue weighted by atomic mass is 10.00. The van der Waals surface area contributed by atoms with Gasteiger partial charge >= 0.3 is 8.56 Å². The van der Waals surface area contributed by atoms with Crippen LogP contribution in [0.15, 0.2) is 61.2 Å². The van der Waals surface area contributed by atoms with Crippen molar-refractivity contribution in [2.75, 3.05) is 39.3 Å². The van der Waals surface area contributed by atoms with Crippen molar-refractivity contribution in [2.24, 2.45) is 0 Å². The van der Waals surface area contributed by atoms with Crippen molar-refractivity contribution in [1.82, 2.24) is 13.7 Å². The highest BCUT2D eigenvalue weighted by Gasteiger charge is 2.50. The largest absolute Gasteiger partial charge is 0.323 e. The van der Waals surface area contributed by atoms with Gasteiger partial charge in [-0.05, 0) is 61.2 Å². The van der Waals surface area contributed by atoms with Crippen LogP contribution in [0.4, 0.5) is 0 Å². The summed E-state index contributed by atoms with van der Waals surface area (Å²) >= 11 is 0. The monoisotopic (exact) mass is 423 g/mol. The average Bonchev–Trinajstić information content (AvgIpc) is 2.81. The fourth-order valence-electron chi connectivity index (χ4n) is 4.84. The van der Waals surface area contributed by atoms with Crippen LogP contribution in [0.25, 0.3) is 5.57 Å². The smallest absolute Gasteiger partial charge is 0.296 e. The van der Waals surface area contributed by atoms with Gasteiger partial charge in [0.15, 0.2) is 0 Å². The molecule has 0 aliphatic heterocycles. The lowest BCUT2D eigenvalue weighted by molar-refractivity contribution is 0.276. The quantitative estimate of drug-likeness (QED) is 0.449. The predicted molar refractivity (Wildman–Crippen MR) is 135 cm³/mol. The van der Waals surface area contributed by atoms with Crippen LogP contribution in [0.1, 0.15) is 52.7 Å². The van der Waals surface area contributed by atoms with E-state index in [0.29, 0.717) is 0 Å². The Morgan fingerprint density at radius 2 is 0.967 bits per heavy atom. The fraction of sp³-hybridized carbons (Fsp3) is 0.462. The standard InChI is InChI=1S/C26H41N3Si/c1-8-27(9-2)30(28(10-3)11-4,29(12-5)13-6)26-21-19-25(20-22-26)23(7)24-17-15-14-16-18-24/h14-22H,7-13H2,1-6H3. The lowest BCUT2D eigenvalue weighted by Gasteiger charge is -2.53. The van der Waals surface area contributed by atoms with Gasteiger partial charge in [-0.3, -0.25) is 13.7 Å². The Kier molecular flexibility index (Phi) is 9.50. The summed E-state index contributed by atoms with van der Waals surface area (Å²) in [6, 6.07) is 19.8. The molecule has 0 amide bonds. The van der Waals surface area contributed by atoms with E-state index in [0.717, 1.165) is 44.8 Å². The van der Waals surface area contributed by atoms with E-state index < -0.39 is 8.56 Å². The van der Waals surface area contributed by atoms with Gasteiger partial charge in [0.2, 0.25) is 0 Å². The zero-order valence-electron chi connectivity index (χ0n) is 20.0. The molecule has 164 valence electrons. The molecule has 0 atom stereocenters. The Balaban J connectivity index is 2.61. The molecule has 0 radical (unpaired) electrons. The van der Waals surface area contributed by atoms with E-state index in [1.807, 2.05) is 0 Å². The minimum atomic E-state index is -2.23. The van der Waals surface area contributed by atoms with Crippen LogP contribution in [-0.4, -0.2) is 61.5 Å². The minimum Gasteiger partial charge on any atom is -0.296 e. The van der Waals surface area contributed by atoms with E-state index in [1.54, 1.807) is 0 Å². The van der Waals surface area contributed by atoms with Crippen LogP contribution in [0.5, 0.6) is 0 Å². The van der Waals surface area contributed by atoms with Crippen LogP contribution in [0.2, 0.25) is 0 Å². The Labute approximate surface area is 186 Å². The Morgan fingerprint density at radius 3 is 1.33 bits per heavy atom. The van der Waals surface area contributed by atoms with Crippen molar-refractivity contribution < 1.29 is 0 Å². The van der Waals surface area contributed by atoms with Gasteiger partial charge in [0.1, 0.15) is 0 Å². The number of rotatable bonds is 12. The third-order valence-electron chi connectivity index (χ3n) is 6.36. The summed E-state index contributed by atoms with van der Waals surface area (Å²) in [5.41, 5.74) is 3.47. The van der Waals surface area contributed by atoms with Gasteiger partial charge in [-0.25, -0.2) is 0 Å². The van der Waals surface area contributed by atoms with Crippen molar-refractivity contribution in [3.8, 4) is 0 Å². The molecule has 2 aromatic rings. The molecule has 0 saturated carbocycles. The molecule has 0 N–H and O–H groups in total. The second-order valence-corrected chi connectivity index (χ2v) is 11.3. The molecule has 0 heterocycles. The molecular formula is C26H41N3Si. The molecule has 0 aliphatic rings. The summed E-state index contributed by atoms with van der Waals surface area (Å²) in [4.78, 5) is 0. The van der Waals surface area contributed by atoms with Gasteiger partial charge < -0.3 is 0 Å². The zero-order chi connectivity index (χ0) is 22.1. The first-order chi connectivity index (χ1) is 14.5. The molecule has 0 saturated heterocycles. The molecule has 0 unspecified atom stereocenters. The van der Waals surface area contributed by atoms with Gasteiger partial charge in [0.25, 0.3) is 0 Å². The molecule has 2 aromatic carbocycles. The number of benzene rings is 2. The first kappa shape index (κ1) is 24.5. The lowest BCUT2D eigenvalue weighted by Crippen LogP contribution is -2.81. The van der Waals surface area contributed by atoms with Gasteiger partial charge in [0, 0.05) is 0 Å². The maximum atomic E-state index is 4.37. The summed E-state index contributed by atoms with van der Waals surface area (Å²) in [5, 5.41) is 1.48. The summed E-state index contributed by atoms with van der Waals surface area (Å²) < 4.78 is 8.23. The first-order valence-corrected chi connectivity index (χ1v) is 13.5. The van der Waals surface area contributed by atoms with Crippen LogP contribution in [-0.2, 0) is 0 Å². The number of hydrogen-bond acceptors (Lipinski definition) is 3. The second kappa shape index (κ2) is 11.6. The zero-order valence-corrected chi connectivity index (χ0v) is 21.0. The SMILES string of the molecule is C=C(c1ccccc1)c1ccc([Si](N(CC)CC)(N(CC)CC)N(CC)CC)cc1. The van der Waals surface area contributed by atoms with Crippen LogP contribution in [0, 0.1) is 0 Å². The highest BCUT2D eigenvalue weighted by Crippen LogP contribution is 2.24. The molecule has 0 bridgehead atoms. The molecule has 3 nitrogen and oxygen atoms in total. The van der Waals surface area contributed by atoms with Crippen LogP contribution < -0.4 is 5.19 Å². The number of hydrogen-bond donors (Lipinski definition) is 0. The summed E-state index contributed by atoms with van der Waals surface area (Å²) in [6.07, 6.45) is 0. The molecular weight excluding hydrogens is 382 g/mol. The summed E-state index contributed by atoms with van der Waals surface area (Å²) in [5.74, 6) is 0. The molecule has 0 fully saturated rings. The first-order valence-electron chi connectivity index (χ1n) is 11.6. The third-order valence-corrected chi connectivity index (χ3v) is 12.0. The molecule has 4 heteroatoms. The van der Waals surface area contributed by atoms with Crippen molar-refractivity contribution in [3.05, 3.63) is 72.3 Å². The Hall–Kier alpha value is -1.72. The third kappa shape index (κ3) is 4.62. The molecule has 0 aliphatic carbocycles. The van der Waals surface area contributed by atoms with Crippen molar-refractivity contribution in [2.45, 2.75) is 41.5 Å². The van der Waals surface area contributed by atoms with E-state index in [4.69, 9.17) is 0 Å². The van der Waals surface area contributed by atoms with Gasteiger partial charge in [0.05, 0.1) is 0 Å². The van der Waals surface area contributed by atoms with E-state index in [2.05, 4.69) is 116 Å². The average molecular weight is 424 g/mol. The topological polar surface area (TPSA) is 9.72 Å². The van der Waals surface area contributed by atoms with E-state index >= 15 is 0 Å². The van der Waals surface area contributed by atoms with Crippen molar-refractivity contribution in [3.63, 3.8) is 0 Å². The van der Waals surface area contributed by atoms with Crippen LogP contribution >= 0.6 is 0 Å². The van der Waals surface area contributed by atoms with Crippen LogP contribution in [0.3, 0.4) is 0 Å². The minimum absolute atomic E-state index is 1.06. The van der Waals surface area contributed by atoms with E-state index in [1.165, 1.54) is 16.3 Å². The van der Waals surface area contributed by atoms with E-state index in [-0.39, 0.29) is 0 Å². The molecule has 0 spiro atoms. The second-order valence-electron chi connectivity index (χ2n) is 7.57. The molecule has 0 aromatic heterocycles. The number of nitrogens with zero attached hydrogens (tertiary/aromatic N) is 3. The maximum Gasteiger partial charge on any atom is 0.323 e. The highest BCUT2D eigenvalue weighted by atomic mass is 28.4. The highest BCUT2D eigenvalue weighted by molar-refractivity contribution is 6.84. The summed E-state index contributed by atoms with van der Waals surface area (Å²) in [6.45, 7) is 24.6. The Bertz CT molecular complexity index is 729. The normalized spacial score (nSPS) is 12.2. The van der Waals surface area contributed by atoms with Gasteiger partial charge in [-0.1, -0.05) is 103 Å². The maximum absolute atomic E-state index is 4.37. The predicted octanol–water partition coefficient (Wildman–Crippen LogP) is 4.92. The molecule has 30 heavy (non-hydrogen) atoms.